The molecular formula is C20H26N4O3. The van der Waals surface area contributed by atoms with Crippen LogP contribution in [0.25, 0.3) is 0 Å². The Morgan fingerprint density at radius 3 is 2.52 bits per heavy atom. The van der Waals surface area contributed by atoms with Gasteiger partial charge in [-0.3, -0.25) is 14.3 Å². The van der Waals surface area contributed by atoms with Gasteiger partial charge in [0, 0.05) is 0 Å². The van der Waals surface area contributed by atoms with Crippen LogP contribution in [0.4, 0.5) is 5.69 Å². The van der Waals surface area contributed by atoms with Crippen LogP contribution in [0.2, 0.25) is 0 Å². The van der Waals surface area contributed by atoms with E-state index < -0.39 is 5.91 Å². The Morgan fingerprint density at radius 1 is 1.22 bits per heavy atom. The zero-order valence-electron chi connectivity index (χ0n) is 16.0. The van der Waals surface area contributed by atoms with Crippen LogP contribution in [0.3, 0.4) is 0 Å². The Balaban J connectivity index is 1.93. The average molecular weight is 370 g/mol. The fourth-order valence-corrected chi connectivity index (χ4v) is 3.70. The van der Waals surface area contributed by atoms with E-state index in [0.717, 1.165) is 25.7 Å². The molecule has 3 N–H and O–H groups in total. The number of rotatable bonds is 5. The molecule has 0 atom stereocenters. The second kappa shape index (κ2) is 7.82. The first-order valence-corrected chi connectivity index (χ1v) is 9.25. The first-order valence-electron chi connectivity index (χ1n) is 9.25. The third-order valence-corrected chi connectivity index (χ3v) is 5.24. The van der Waals surface area contributed by atoms with E-state index in [1.165, 1.54) is 7.11 Å². The van der Waals surface area contributed by atoms with E-state index in [2.05, 4.69) is 17.3 Å². The van der Waals surface area contributed by atoms with Gasteiger partial charge in [0.1, 0.15) is 11.4 Å². The van der Waals surface area contributed by atoms with Gasteiger partial charge < -0.3 is 15.8 Å². The molecule has 3 rings (SSSR count). The number of para-hydroxylation sites is 1. The summed E-state index contributed by atoms with van der Waals surface area (Å²) >= 11 is 0. The molecule has 0 aliphatic heterocycles. The van der Waals surface area contributed by atoms with E-state index in [1.54, 1.807) is 35.9 Å². The molecule has 0 unspecified atom stereocenters. The van der Waals surface area contributed by atoms with Crippen molar-refractivity contribution in [1.29, 1.82) is 0 Å². The monoisotopic (exact) mass is 370 g/mol. The second-order valence-electron chi connectivity index (χ2n) is 7.19. The normalized spacial score (nSPS) is 19.5. The molecule has 0 bridgehead atoms. The van der Waals surface area contributed by atoms with E-state index in [-0.39, 0.29) is 17.6 Å². The average Bonchev–Trinajstić information content (AvgIpc) is 2.98. The lowest BCUT2D eigenvalue weighted by atomic mass is 9.87. The maximum absolute atomic E-state index is 12.8. The van der Waals surface area contributed by atoms with Crippen molar-refractivity contribution in [3.8, 4) is 5.75 Å². The molecule has 1 aromatic carbocycles. The van der Waals surface area contributed by atoms with Crippen LogP contribution in [0.5, 0.6) is 5.75 Å². The molecule has 2 amide bonds. The highest BCUT2D eigenvalue weighted by Crippen LogP contribution is 2.35. The molecule has 27 heavy (non-hydrogen) atoms. The number of amides is 2. The standard InChI is InChI=1S/C20H26N4O3/c1-12-8-10-14(11-9-12)24-18(19(21)25)17(13(2)23-24)22-20(26)15-6-4-5-7-16(15)27-3/h4-7,12,14H,8-11H2,1-3H3,(H2,21,25)(H,22,26)/t12-,14-. The number of nitrogens with one attached hydrogen (secondary N) is 1. The van der Waals surface area contributed by atoms with Crippen LogP contribution in [-0.4, -0.2) is 28.7 Å². The summed E-state index contributed by atoms with van der Waals surface area (Å²) in [7, 11) is 1.51. The maximum atomic E-state index is 12.8. The predicted octanol–water partition coefficient (Wildman–Crippen LogP) is 3.30. The number of anilines is 1. The Kier molecular flexibility index (Phi) is 5.48. The first kappa shape index (κ1) is 18.9. The van der Waals surface area contributed by atoms with Gasteiger partial charge >= 0.3 is 0 Å². The van der Waals surface area contributed by atoms with Gasteiger partial charge in [-0.05, 0) is 50.7 Å². The van der Waals surface area contributed by atoms with Gasteiger partial charge in [0.2, 0.25) is 0 Å². The van der Waals surface area contributed by atoms with Crippen LogP contribution in [-0.2, 0) is 0 Å². The summed E-state index contributed by atoms with van der Waals surface area (Å²) in [5, 5.41) is 7.36. The lowest BCUT2D eigenvalue weighted by Gasteiger charge is -2.27. The van der Waals surface area contributed by atoms with Crippen LogP contribution >= 0.6 is 0 Å². The zero-order valence-corrected chi connectivity index (χ0v) is 16.0. The second-order valence-corrected chi connectivity index (χ2v) is 7.19. The summed E-state index contributed by atoms with van der Waals surface area (Å²) in [4.78, 5) is 25.0. The Hall–Kier alpha value is -2.83. The minimum absolute atomic E-state index is 0.124. The number of aryl methyl sites for hydroxylation is 1. The van der Waals surface area contributed by atoms with Crippen molar-refractivity contribution < 1.29 is 14.3 Å². The zero-order chi connectivity index (χ0) is 19.6. The third kappa shape index (κ3) is 3.82. The van der Waals surface area contributed by atoms with Crippen LogP contribution in [0.15, 0.2) is 24.3 Å². The largest absolute Gasteiger partial charge is 0.496 e. The summed E-state index contributed by atoms with van der Waals surface area (Å²) in [5.41, 5.74) is 7.25. The fraction of sp³-hybridized carbons (Fsp3) is 0.450. The molecule has 1 heterocycles. The van der Waals surface area contributed by atoms with Gasteiger partial charge in [-0.1, -0.05) is 19.1 Å². The fourth-order valence-electron chi connectivity index (χ4n) is 3.70. The molecule has 1 aliphatic rings. The molecular weight excluding hydrogens is 344 g/mol. The topological polar surface area (TPSA) is 99.2 Å². The molecule has 0 saturated heterocycles. The first-order chi connectivity index (χ1) is 12.9. The lowest BCUT2D eigenvalue weighted by Crippen LogP contribution is -2.25. The summed E-state index contributed by atoms with van der Waals surface area (Å²) in [6.07, 6.45) is 4.07. The highest BCUT2D eigenvalue weighted by Gasteiger charge is 2.28. The highest BCUT2D eigenvalue weighted by molar-refractivity contribution is 6.09. The lowest BCUT2D eigenvalue weighted by molar-refractivity contribution is 0.0985. The molecule has 2 aromatic rings. The van der Waals surface area contributed by atoms with Crippen LogP contribution in [0, 0.1) is 12.8 Å². The minimum atomic E-state index is -0.593. The van der Waals surface area contributed by atoms with E-state index in [0.29, 0.717) is 28.6 Å². The van der Waals surface area contributed by atoms with Gasteiger partial charge in [-0.15, -0.1) is 0 Å². The molecule has 7 nitrogen and oxygen atoms in total. The van der Waals surface area contributed by atoms with Crippen LogP contribution in [0.1, 0.15) is 65.2 Å². The van der Waals surface area contributed by atoms with Crippen LogP contribution < -0.4 is 15.8 Å². The number of carbonyl (C=O) groups is 2. The number of hydrogen-bond acceptors (Lipinski definition) is 4. The summed E-state index contributed by atoms with van der Waals surface area (Å²) < 4.78 is 6.96. The molecule has 1 aromatic heterocycles. The van der Waals surface area contributed by atoms with Crippen molar-refractivity contribution in [3.63, 3.8) is 0 Å². The summed E-state index contributed by atoms with van der Waals surface area (Å²) in [5.74, 6) is 0.181. The molecule has 1 aliphatic carbocycles. The molecule has 144 valence electrons. The number of hydrogen-bond donors (Lipinski definition) is 2. The number of primary amides is 1. The molecule has 0 spiro atoms. The van der Waals surface area contributed by atoms with Gasteiger partial charge in [-0.2, -0.15) is 5.10 Å². The summed E-state index contributed by atoms with van der Waals surface area (Å²) in [6.45, 7) is 4.00. The quantitative estimate of drug-likeness (QED) is 0.843. The number of benzene rings is 1. The molecule has 1 fully saturated rings. The number of nitrogens with zero attached hydrogens (tertiary/aromatic N) is 2. The number of aromatic nitrogens is 2. The minimum Gasteiger partial charge on any atom is -0.496 e. The molecule has 1 saturated carbocycles. The number of methoxy groups -OCH3 is 1. The highest BCUT2D eigenvalue weighted by atomic mass is 16.5. The van der Waals surface area contributed by atoms with E-state index in [4.69, 9.17) is 10.5 Å². The number of ether oxygens (including phenoxy) is 1. The van der Waals surface area contributed by atoms with Gasteiger partial charge in [-0.25, -0.2) is 0 Å². The van der Waals surface area contributed by atoms with E-state index in [1.807, 2.05) is 0 Å². The van der Waals surface area contributed by atoms with Crippen molar-refractivity contribution in [1.82, 2.24) is 9.78 Å². The Bertz CT molecular complexity index is 851. The van der Waals surface area contributed by atoms with Crippen molar-refractivity contribution in [2.24, 2.45) is 11.7 Å². The van der Waals surface area contributed by atoms with Crippen molar-refractivity contribution in [2.45, 2.75) is 45.6 Å². The van der Waals surface area contributed by atoms with Crippen molar-refractivity contribution in [3.05, 3.63) is 41.2 Å². The molecule has 0 radical (unpaired) electrons. The number of carbonyl (C=O) groups excluding carboxylic acids is 2. The third-order valence-electron chi connectivity index (χ3n) is 5.24. The van der Waals surface area contributed by atoms with Crippen molar-refractivity contribution >= 4 is 17.5 Å². The number of nitrogens with two attached hydrogens (primary N) is 1. The SMILES string of the molecule is COc1ccccc1C(=O)Nc1c(C)nn([C@H]2CC[C@H](C)CC2)c1C(N)=O. The van der Waals surface area contributed by atoms with Gasteiger partial charge in [0.05, 0.1) is 30.1 Å². The van der Waals surface area contributed by atoms with Gasteiger partial charge in [0.25, 0.3) is 11.8 Å². The van der Waals surface area contributed by atoms with E-state index in [9.17, 15) is 9.59 Å². The smallest absolute Gasteiger partial charge is 0.269 e. The van der Waals surface area contributed by atoms with Crippen molar-refractivity contribution in [2.75, 3.05) is 12.4 Å². The summed E-state index contributed by atoms with van der Waals surface area (Å²) in [6, 6.07) is 7.05. The Morgan fingerprint density at radius 2 is 1.89 bits per heavy atom. The van der Waals surface area contributed by atoms with E-state index >= 15 is 0 Å². The maximum Gasteiger partial charge on any atom is 0.269 e. The molecule has 7 heteroatoms. The Labute approximate surface area is 158 Å². The van der Waals surface area contributed by atoms with Gasteiger partial charge in [0.15, 0.2) is 0 Å². The predicted molar refractivity (Wildman–Crippen MR) is 103 cm³/mol.